The molecule has 0 saturated carbocycles. The van der Waals surface area contributed by atoms with Crippen LogP contribution in [-0.4, -0.2) is 25.8 Å². The average Bonchev–Trinajstić information content (AvgIpc) is 2.61. The van der Waals surface area contributed by atoms with Gasteiger partial charge in [0, 0.05) is 13.1 Å². The third kappa shape index (κ3) is 3.92. The van der Waals surface area contributed by atoms with Crippen LogP contribution in [0.4, 0.5) is 0 Å². The maximum absolute atomic E-state index is 6.47. The molecule has 1 saturated heterocycles. The summed E-state index contributed by atoms with van der Waals surface area (Å²) in [6.07, 6.45) is -0.0877. The molecule has 2 atom stereocenters. The van der Waals surface area contributed by atoms with Crippen molar-refractivity contribution in [1.82, 2.24) is 5.32 Å². The van der Waals surface area contributed by atoms with E-state index >= 15 is 0 Å². The molecule has 0 amide bonds. The minimum atomic E-state index is -0.108. The minimum Gasteiger partial charge on any atom is -0.483 e. The van der Waals surface area contributed by atoms with Crippen molar-refractivity contribution in [3.8, 4) is 5.75 Å². The third-order valence-corrected chi connectivity index (χ3v) is 4.22. The topological polar surface area (TPSA) is 30.5 Å². The standard InChI is InChI=1S/C20H25NO2/c1-15(2)17-10-6-7-11-18(17)23-20(16-8-4-3-5-9-16)19-14-21-12-13-22-19/h3-11,15,19-21H,12-14H2,1-2H3/t19-,20?/m0/s1. The van der Waals surface area contributed by atoms with Gasteiger partial charge in [-0.15, -0.1) is 0 Å². The Bertz CT molecular complexity index is 606. The van der Waals surface area contributed by atoms with Gasteiger partial charge in [-0.1, -0.05) is 62.4 Å². The second kappa shape index (κ2) is 7.62. The predicted molar refractivity (Wildman–Crippen MR) is 93.0 cm³/mol. The Labute approximate surface area is 138 Å². The lowest BCUT2D eigenvalue weighted by Crippen LogP contribution is -2.43. The highest BCUT2D eigenvalue weighted by atomic mass is 16.5. The molecule has 0 aliphatic carbocycles. The van der Waals surface area contributed by atoms with Crippen LogP contribution in [-0.2, 0) is 4.74 Å². The van der Waals surface area contributed by atoms with Gasteiger partial charge in [0.05, 0.1) is 6.61 Å². The molecule has 0 aromatic heterocycles. The van der Waals surface area contributed by atoms with Crippen molar-refractivity contribution in [2.75, 3.05) is 19.7 Å². The molecule has 2 aromatic carbocycles. The number of rotatable bonds is 5. The van der Waals surface area contributed by atoms with Crippen LogP contribution in [0.5, 0.6) is 5.75 Å². The van der Waals surface area contributed by atoms with Crippen molar-refractivity contribution < 1.29 is 9.47 Å². The smallest absolute Gasteiger partial charge is 0.151 e. The molecule has 1 aliphatic rings. The molecule has 1 aliphatic heterocycles. The second-order valence-corrected chi connectivity index (χ2v) is 6.26. The van der Waals surface area contributed by atoms with Crippen LogP contribution in [0.1, 0.15) is 37.0 Å². The molecule has 2 aromatic rings. The fourth-order valence-electron chi connectivity index (χ4n) is 2.98. The van der Waals surface area contributed by atoms with Crippen molar-refractivity contribution in [3.05, 3.63) is 65.7 Å². The molecule has 1 fully saturated rings. The zero-order valence-corrected chi connectivity index (χ0v) is 13.9. The number of benzene rings is 2. The van der Waals surface area contributed by atoms with E-state index < -0.39 is 0 Å². The van der Waals surface area contributed by atoms with E-state index in [1.165, 1.54) is 5.56 Å². The summed E-state index contributed by atoms with van der Waals surface area (Å²) in [6.45, 7) is 6.82. The van der Waals surface area contributed by atoms with E-state index in [9.17, 15) is 0 Å². The molecule has 3 nitrogen and oxygen atoms in total. The Morgan fingerprint density at radius 2 is 1.78 bits per heavy atom. The highest BCUT2D eigenvalue weighted by molar-refractivity contribution is 5.36. The van der Waals surface area contributed by atoms with E-state index in [4.69, 9.17) is 9.47 Å². The van der Waals surface area contributed by atoms with E-state index in [0.29, 0.717) is 5.92 Å². The van der Waals surface area contributed by atoms with E-state index in [1.807, 2.05) is 12.1 Å². The van der Waals surface area contributed by atoms with Crippen LogP contribution >= 0.6 is 0 Å². The highest BCUT2D eigenvalue weighted by Crippen LogP contribution is 2.32. The zero-order valence-electron chi connectivity index (χ0n) is 13.9. The van der Waals surface area contributed by atoms with Crippen molar-refractivity contribution in [2.24, 2.45) is 0 Å². The number of hydrogen-bond donors (Lipinski definition) is 1. The Kier molecular flexibility index (Phi) is 5.31. The number of morpholine rings is 1. The van der Waals surface area contributed by atoms with Crippen LogP contribution in [0.15, 0.2) is 54.6 Å². The Hall–Kier alpha value is -1.84. The van der Waals surface area contributed by atoms with E-state index in [0.717, 1.165) is 31.0 Å². The summed E-state index contributed by atoms with van der Waals surface area (Å²) >= 11 is 0. The number of nitrogens with one attached hydrogen (secondary N) is 1. The minimum absolute atomic E-state index is 0.0198. The first-order valence-corrected chi connectivity index (χ1v) is 8.38. The maximum Gasteiger partial charge on any atom is 0.151 e. The van der Waals surface area contributed by atoms with E-state index in [2.05, 4.69) is 61.6 Å². The highest BCUT2D eigenvalue weighted by Gasteiger charge is 2.28. The van der Waals surface area contributed by atoms with Crippen LogP contribution in [0, 0.1) is 0 Å². The normalized spacial score (nSPS) is 19.5. The Morgan fingerprint density at radius 3 is 2.48 bits per heavy atom. The Balaban J connectivity index is 1.90. The van der Waals surface area contributed by atoms with E-state index in [-0.39, 0.29) is 12.2 Å². The third-order valence-electron chi connectivity index (χ3n) is 4.22. The number of para-hydroxylation sites is 1. The molecule has 0 spiro atoms. The summed E-state index contributed by atoms with van der Waals surface area (Å²) in [7, 11) is 0. The van der Waals surface area contributed by atoms with Gasteiger partial charge in [0.15, 0.2) is 6.10 Å². The summed E-state index contributed by atoms with van der Waals surface area (Å²) < 4.78 is 12.4. The van der Waals surface area contributed by atoms with Gasteiger partial charge in [-0.05, 0) is 23.1 Å². The summed E-state index contributed by atoms with van der Waals surface area (Å²) in [5.41, 5.74) is 2.39. The second-order valence-electron chi connectivity index (χ2n) is 6.26. The lowest BCUT2D eigenvalue weighted by atomic mass is 10.0. The molecule has 122 valence electrons. The lowest BCUT2D eigenvalue weighted by Gasteiger charge is -2.32. The monoisotopic (exact) mass is 311 g/mol. The molecule has 1 unspecified atom stereocenters. The first kappa shape index (κ1) is 16.0. The fraction of sp³-hybridized carbons (Fsp3) is 0.400. The summed E-state index contributed by atoms with van der Waals surface area (Å²) in [6, 6.07) is 18.7. The van der Waals surface area contributed by atoms with Gasteiger partial charge in [0.25, 0.3) is 0 Å². The molecule has 3 rings (SSSR count). The summed E-state index contributed by atoms with van der Waals surface area (Å²) in [5, 5.41) is 3.40. The molecule has 23 heavy (non-hydrogen) atoms. The number of hydrogen-bond acceptors (Lipinski definition) is 3. The lowest BCUT2D eigenvalue weighted by molar-refractivity contribution is -0.0435. The first-order valence-electron chi connectivity index (χ1n) is 8.38. The van der Waals surface area contributed by atoms with Crippen LogP contribution in [0.2, 0.25) is 0 Å². The van der Waals surface area contributed by atoms with Gasteiger partial charge >= 0.3 is 0 Å². The molecular formula is C20H25NO2. The largest absolute Gasteiger partial charge is 0.483 e. The fourth-order valence-corrected chi connectivity index (χ4v) is 2.98. The molecule has 1 N–H and O–H groups in total. The van der Waals surface area contributed by atoms with Gasteiger partial charge in [-0.25, -0.2) is 0 Å². The SMILES string of the molecule is CC(C)c1ccccc1OC(c1ccccc1)[C@@H]1CNCCO1. The van der Waals surface area contributed by atoms with Gasteiger partial charge in [-0.2, -0.15) is 0 Å². The first-order chi connectivity index (χ1) is 11.3. The molecule has 0 bridgehead atoms. The predicted octanol–water partition coefficient (Wildman–Crippen LogP) is 3.92. The van der Waals surface area contributed by atoms with Gasteiger partial charge < -0.3 is 14.8 Å². The summed E-state index contributed by atoms with van der Waals surface area (Å²) in [4.78, 5) is 0. The zero-order chi connectivity index (χ0) is 16.1. The average molecular weight is 311 g/mol. The van der Waals surface area contributed by atoms with Gasteiger partial charge in [-0.3, -0.25) is 0 Å². The maximum atomic E-state index is 6.47. The van der Waals surface area contributed by atoms with Crippen molar-refractivity contribution in [2.45, 2.75) is 32.0 Å². The quantitative estimate of drug-likeness (QED) is 0.908. The van der Waals surface area contributed by atoms with Crippen LogP contribution < -0.4 is 10.1 Å². The number of ether oxygens (including phenoxy) is 2. The molecular weight excluding hydrogens is 286 g/mol. The van der Waals surface area contributed by atoms with Crippen molar-refractivity contribution >= 4 is 0 Å². The van der Waals surface area contributed by atoms with Crippen molar-refractivity contribution in [1.29, 1.82) is 0 Å². The summed E-state index contributed by atoms with van der Waals surface area (Å²) in [5.74, 6) is 1.37. The van der Waals surface area contributed by atoms with Crippen LogP contribution in [0.25, 0.3) is 0 Å². The van der Waals surface area contributed by atoms with Crippen LogP contribution in [0.3, 0.4) is 0 Å². The molecule has 3 heteroatoms. The van der Waals surface area contributed by atoms with Crippen molar-refractivity contribution in [3.63, 3.8) is 0 Å². The van der Waals surface area contributed by atoms with Gasteiger partial charge in [0.1, 0.15) is 11.9 Å². The Morgan fingerprint density at radius 1 is 1.04 bits per heavy atom. The van der Waals surface area contributed by atoms with E-state index in [1.54, 1.807) is 0 Å². The van der Waals surface area contributed by atoms with Gasteiger partial charge in [0.2, 0.25) is 0 Å². The molecule has 1 heterocycles. The molecule has 0 radical (unpaired) electrons.